The van der Waals surface area contributed by atoms with E-state index in [-0.39, 0.29) is 25.3 Å². The number of carboxylic acid groups (broad SMARTS) is 1. The number of allylic oxidation sites excluding steroid dienone is 1. The third-order valence-corrected chi connectivity index (χ3v) is 11.6. The fourth-order valence-electron chi connectivity index (χ4n) is 6.50. The maximum Gasteiger partial charge on any atom is 0.408 e. The second kappa shape index (κ2) is 11.1. The lowest BCUT2D eigenvalue weighted by molar-refractivity contribution is -0.146. The molecule has 2 saturated carbocycles. The summed E-state index contributed by atoms with van der Waals surface area (Å²) in [7, 11) is -3.96. The molecule has 4 aliphatic rings. The smallest absolute Gasteiger partial charge is 0.408 e. The summed E-state index contributed by atoms with van der Waals surface area (Å²) in [6, 6.07) is -2.27. The number of sulfonamides is 1. The Bertz CT molecular complexity index is 1260. The summed E-state index contributed by atoms with van der Waals surface area (Å²) < 4.78 is 26.9. The van der Waals surface area contributed by atoms with Crippen molar-refractivity contribution < 1.29 is 37.8 Å². The SMILES string of the molecule is CC1CC/C=C\[C@@H]2C[C@@]2(C(=O)NS(=O)(=O)C2(C)CC2)NC(=O)[C@@H]2C[C@@H](O)CN2C(=O)[C@@H](N(C(=O)O)C(C)(C)C)[C@H](C)C1. The molecular formula is C29H46N4O8S. The largest absolute Gasteiger partial charge is 0.465 e. The molecule has 2 heterocycles. The van der Waals surface area contributed by atoms with Crippen molar-refractivity contribution in [3.05, 3.63) is 12.2 Å². The van der Waals surface area contributed by atoms with Gasteiger partial charge in [-0.15, -0.1) is 0 Å². The third-order valence-electron chi connectivity index (χ3n) is 9.43. The van der Waals surface area contributed by atoms with Gasteiger partial charge in [0, 0.05) is 24.4 Å². The van der Waals surface area contributed by atoms with Gasteiger partial charge < -0.3 is 20.4 Å². The Kier molecular flexibility index (Phi) is 8.53. The minimum atomic E-state index is -3.96. The zero-order chi connectivity index (χ0) is 31.4. The maximum absolute atomic E-state index is 14.2. The molecule has 12 nitrogen and oxygen atoms in total. The van der Waals surface area contributed by atoms with Crippen LogP contribution in [0.5, 0.6) is 0 Å². The summed E-state index contributed by atoms with van der Waals surface area (Å²) >= 11 is 0. The van der Waals surface area contributed by atoms with Gasteiger partial charge in [0.1, 0.15) is 17.6 Å². The summed E-state index contributed by atoms with van der Waals surface area (Å²) in [5, 5.41) is 23.6. The average Bonchev–Trinajstić information content (AvgIpc) is 3.74. The molecule has 0 aromatic carbocycles. The van der Waals surface area contributed by atoms with E-state index in [1.54, 1.807) is 27.7 Å². The number of fused-ring (bicyclic) bond motifs is 2. The van der Waals surface area contributed by atoms with Gasteiger partial charge in [-0.1, -0.05) is 26.0 Å². The van der Waals surface area contributed by atoms with Gasteiger partial charge in [0.05, 0.1) is 10.9 Å². The monoisotopic (exact) mass is 610 g/mol. The topological polar surface area (TPSA) is 173 Å². The first-order chi connectivity index (χ1) is 19.3. The van der Waals surface area contributed by atoms with E-state index < -0.39 is 79.7 Å². The van der Waals surface area contributed by atoms with Gasteiger partial charge >= 0.3 is 6.09 Å². The quantitative estimate of drug-likeness (QED) is 0.350. The number of nitrogens with zero attached hydrogens (tertiary/aromatic N) is 2. The van der Waals surface area contributed by atoms with E-state index in [1.807, 2.05) is 26.0 Å². The van der Waals surface area contributed by atoms with Crippen molar-refractivity contribution in [2.45, 2.75) is 121 Å². The molecule has 0 aromatic rings. The normalized spacial score (nSPS) is 35.9. The van der Waals surface area contributed by atoms with Crippen molar-refractivity contribution in [3.8, 4) is 0 Å². The van der Waals surface area contributed by atoms with E-state index in [4.69, 9.17) is 0 Å². The Labute approximate surface area is 248 Å². The summed E-state index contributed by atoms with van der Waals surface area (Å²) in [5.41, 5.74) is -2.44. The fraction of sp³-hybridized carbons (Fsp3) is 0.793. The van der Waals surface area contributed by atoms with Gasteiger partial charge in [-0.2, -0.15) is 0 Å². The van der Waals surface area contributed by atoms with Gasteiger partial charge in [-0.25, -0.2) is 13.2 Å². The second-order valence-electron chi connectivity index (χ2n) is 14.1. The molecule has 4 amide bonds. The molecule has 3 fully saturated rings. The van der Waals surface area contributed by atoms with E-state index in [1.165, 1.54) is 4.90 Å². The van der Waals surface area contributed by atoms with Crippen molar-refractivity contribution in [2.24, 2.45) is 17.8 Å². The zero-order valence-electron chi connectivity index (χ0n) is 25.4. The lowest BCUT2D eigenvalue weighted by Crippen LogP contribution is -2.62. The molecule has 236 valence electrons. The number of hydrogen-bond acceptors (Lipinski definition) is 7. The molecule has 42 heavy (non-hydrogen) atoms. The van der Waals surface area contributed by atoms with Crippen LogP contribution >= 0.6 is 0 Å². The van der Waals surface area contributed by atoms with Gasteiger partial charge in [-0.05, 0) is 78.1 Å². The van der Waals surface area contributed by atoms with Gasteiger partial charge in [0.25, 0.3) is 5.91 Å². The van der Waals surface area contributed by atoms with E-state index in [2.05, 4.69) is 10.0 Å². The van der Waals surface area contributed by atoms with Crippen LogP contribution < -0.4 is 10.0 Å². The van der Waals surface area contributed by atoms with Crippen LogP contribution in [0, 0.1) is 17.8 Å². The molecule has 13 heteroatoms. The summed E-state index contributed by atoms with van der Waals surface area (Å²) in [6.45, 7) is 10.4. The van der Waals surface area contributed by atoms with Crippen molar-refractivity contribution >= 4 is 33.8 Å². The van der Waals surface area contributed by atoms with E-state index in [0.29, 0.717) is 25.7 Å². The molecule has 2 aliphatic carbocycles. The van der Waals surface area contributed by atoms with Crippen molar-refractivity contribution in [1.29, 1.82) is 0 Å². The predicted molar refractivity (Wildman–Crippen MR) is 155 cm³/mol. The number of carbonyl (C=O) groups is 4. The molecule has 0 radical (unpaired) electrons. The lowest BCUT2D eigenvalue weighted by Gasteiger charge is -2.43. The van der Waals surface area contributed by atoms with Crippen molar-refractivity contribution in [2.75, 3.05) is 6.54 Å². The summed E-state index contributed by atoms with van der Waals surface area (Å²) in [4.78, 5) is 56.4. The molecule has 4 N–H and O–H groups in total. The molecule has 4 rings (SSSR count). The van der Waals surface area contributed by atoms with E-state index in [9.17, 15) is 37.8 Å². The highest BCUT2D eigenvalue weighted by Gasteiger charge is 2.63. The Hall–Kier alpha value is -2.67. The number of aliphatic hydroxyl groups excluding tert-OH is 1. The zero-order valence-corrected chi connectivity index (χ0v) is 26.2. The van der Waals surface area contributed by atoms with Crippen LogP contribution in [0.4, 0.5) is 4.79 Å². The number of hydrogen-bond donors (Lipinski definition) is 4. The lowest BCUT2D eigenvalue weighted by atomic mass is 9.85. The fourth-order valence-corrected chi connectivity index (χ4v) is 7.81. The van der Waals surface area contributed by atoms with Gasteiger partial charge in [-0.3, -0.25) is 24.0 Å². The Balaban J connectivity index is 1.71. The molecular weight excluding hydrogens is 564 g/mol. The highest BCUT2D eigenvalue weighted by atomic mass is 32.2. The maximum atomic E-state index is 14.2. The van der Waals surface area contributed by atoms with E-state index in [0.717, 1.165) is 11.3 Å². The minimum absolute atomic E-state index is 0.0910. The number of aliphatic hydroxyl groups is 1. The molecule has 1 saturated heterocycles. The summed E-state index contributed by atoms with van der Waals surface area (Å²) in [6.07, 6.45) is 4.43. The first-order valence-corrected chi connectivity index (χ1v) is 16.4. The van der Waals surface area contributed by atoms with Crippen LogP contribution in [0.2, 0.25) is 0 Å². The molecule has 0 aromatic heterocycles. The molecule has 0 bridgehead atoms. The Morgan fingerprint density at radius 3 is 2.38 bits per heavy atom. The Morgan fingerprint density at radius 1 is 1.17 bits per heavy atom. The molecule has 2 aliphatic heterocycles. The van der Waals surface area contributed by atoms with Crippen LogP contribution in [-0.2, 0) is 24.4 Å². The third kappa shape index (κ3) is 6.17. The van der Waals surface area contributed by atoms with Gasteiger partial charge in [0.2, 0.25) is 21.8 Å². The molecule has 7 atom stereocenters. The molecule has 0 spiro atoms. The number of rotatable bonds is 4. The standard InChI is InChI=1S/C29H46N4O8S/c1-17-9-7-8-10-19-15-29(19,25(37)31-42(40,41)28(6)11-12-28)30-23(35)21-14-20(34)16-32(21)24(36)22(18(2)13-17)33(26(38)39)27(3,4)5/h8,10,17-22,34H,7,9,11-16H2,1-6H3,(H,30,35)(H,31,37)(H,38,39)/b10-8-/t17?,18-,19-,20-,21+,22+,29-/m1/s1. The van der Waals surface area contributed by atoms with Crippen LogP contribution in [0.3, 0.4) is 0 Å². The number of nitrogens with one attached hydrogen (secondary N) is 2. The Morgan fingerprint density at radius 2 is 1.81 bits per heavy atom. The first kappa shape index (κ1) is 32.2. The first-order valence-electron chi connectivity index (χ1n) is 14.9. The predicted octanol–water partition coefficient (Wildman–Crippen LogP) is 1.98. The van der Waals surface area contributed by atoms with Crippen molar-refractivity contribution in [1.82, 2.24) is 19.8 Å². The van der Waals surface area contributed by atoms with Crippen molar-refractivity contribution in [3.63, 3.8) is 0 Å². The minimum Gasteiger partial charge on any atom is -0.465 e. The van der Waals surface area contributed by atoms with E-state index >= 15 is 0 Å². The highest BCUT2D eigenvalue weighted by molar-refractivity contribution is 7.91. The van der Waals surface area contributed by atoms with Crippen LogP contribution in [0.15, 0.2) is 12.2 Å². The second-order valence-corrected chi connectivity index (χ2v) is 16.3. The van der Waals surface area contributed by atoms with Gasteiger partial charge in [0.15, 0.2) is 0 Å². The van der Waals surface area contributed by atoms with Crippen LogP contribution in [0.1, 0.15) is 86.5 Å². The van der Waals surface area contributed by atoms with Crippen LogP contribution in [0.25, 0.3) is 0 Å². The van der Waals surface area contributed by atoms with Crippen LogP contribution in [-0.4, -0.2) is 92.8 Å². The highest BCUT2D eigenvalue weighted by Crippen LogP contribution is 2.47. The summed E-state index contributed by atoms with van der Waals surface area (Å²) in [5.74, 6) is -2.77. The molecule has 1 unspecified atom stereocenters. The number of carbonyl (C=O) groups excluding carboxylic acids is 3. The average molecular weight is 611 g/mol. The number of amides is 4.